The normalized spacial score (nSPS) is 22.6. The van der Waals surface area contributed by atoms with Crippen molar-refractivity contribution in [3.63, 3.8) is 0 Å². The third-order valence-electron chi connectivity index (χ3n) is 3.90. The van der Waals surface area contributed by atoms with E-state index in [9.17, 15) is 14.4 Å². The molecule has 0 heterocycles. The number of benzene rings is 1. The molecule has 0 aromatic heterocycles. The van der Waals surface area contributed by atoms with Crippen LogP contribution in [-0.2, 0) is 30.4 Å². The highest BCUT2D eigenvalue weighted by atomic mass is 16.6. The fourth-order valence-electron chi connectivity index (χ4n) is 2.85. The van der Waals surface area contributed by atoms with Gasteiger partial charge < -0.3 is 19.5 Å². The average Bonchev–Trinajstić information content (AvgIpc) is 2.55. The SMILES string of the molecule is CC(=O)O[C@H]1CC[C@@H](NC(=O)OCc2ccccc2)C[C@H]1OC(C)=O. The largest absolute Gasteiger partial charge is 0.459 e. The number of amides is 1. The summed E-state index contributed by atoms with van der Waals surface area (Å²) in [5.41, 5.74) is 0.897. The number of rotatable bonds is 5. The third kappa shape index (κ3) is 6.45. The first-order valence-electron chi connectivity index (χ1n) is 8.25. The van der Waals surface area contributed by atoms with Crippen LogP contribution in [0.3, 0.4) is 0 Å². The monoisotopic (exact) mass is 349 g/mol. The Morgan fingerprint density at radius 1 is 1.00 bits per heavy atom. The number of carbonyl (C=O) groups is 3. The smallest absolute Gasteiger partial charge is 0.407 e. The molecule has 3 atom stereocenters. The van der Waals surface area contributed by atoms with Gasteiger partial charge in [-0.05, 0) is 18.4 Å². The maximum Gasteiger partial charge on any atom is 0.407 e. The zero-order chi connectivity index (χ0) is 18.2. The summed E-state index contributed by atoms with van der Waals surface area (Å²) in [5, 5.41) is 2.77. The molecule has 0 unspecified atom stereocenters. The van der Waals surface area contributed by atoms with Gasteiger partial charge in [0.05, 0.1) is 0 Å². The van der Waals surface area contributed by atoms with Gasteiger partial charge in [0.2, 0.25) is 0 Å². The van der Waals surface area contributed by atoms with Gasteiger partial charge in [-0.1, -0.05) is 30.3 Å². The van der Waals surface area contributed by atoms with Crippen LogP contribution in [0, 0.1) is 0 Å². The highest BCUT2D eigenvalue weighted by Gasteiger charge is 2.35. The summed E-state index contributed by atoms with van der Waals surface area (Å²) < 4.78 is 15.6. The number of nitrogens with one attached hydrogen (secondary N) is 1. The summed E-state index contributed by atoms with van der Waals surface area (Å²) in [6.07, 6.45) is -0.106. The zero-order valence-electron chi connectivity index (χ0n) is 14.4. The van der Waals surface area contributed by atoms with Crippen molar-refractivity contribution in [1.82, 2.24) is 5.32 Å². The van der Waals surface area contributed by atoms with E-state index in [-0.39, 0.29) is 12.6 Å². The van der Waals surface area contributed by atoms with Crippen LogP contribution in [-0.4, -0.2) is 36.3 Å². The fourth-order valence-corrected chi connectivity index (χ4v) is 2.85. The molecule has 1 fully saturated rings. The van der Waals surface area contributed by atoms with E-state index >= 15 is 0 Å². The van der Waals surface area contributed by atoms with Crippen LogP contribution in [0.25, 0.3) is 0 Å². The lowest BCUT2D eigenvalue weighted by molar-refractivity contribution is -0.169. The summed E-state index contributed by atoms with van der Waals surface area (Å²) >= 11 is 0. The van der Waals surface area contributed by atoms with Gasteiger partial charge in [0.1, 0.15) is 18.8 Å². The van der Waals surface area contributed by atoms with Crippen LogP contribution >= 0.6 is 0 Å². The van der Waals surface area contributed by atoms with Gasteiger partial charge in [0.15, 0.2) is 0 Å². The first kappa shape index (κ1) is 18.8. The molecule has 0 spiro atoms. The van der Waals surface area contributed by atoms with E-state index in [2.05, 4.69) is 5.32 Å². The Balaban J connectivity index is 1.84. The van der Waals surface area contributed by atoms with Crippen LogP contribution < -0.4 is 5.32 Å². The second-order valence-corrected chi connectivity index (χ2v) is 6.01. The van der Waals surface area contributed by atoms with Gasteiger partial charge in [-0.15, -0.1) is 0 Å². The molecular weight excluding hydrogens is 326 g/mol. The van der Waals surface area contributed by atoms with Crippen LogP contribution in [0.1, 0.15) is 38.7 Å². The zero-order valence-corrected chi connectivity index (χ0v) is 14.4. The Kier molecular flexibility index (Phi) is 6.80. The quantitative estimate of drug-likeness (QED) is 0.648. The topological polar surface area (TPSA) is 90.9 Å². The molecule has 2 rings (SSSR count). The van der Waals surface area contributed by atoms with Crippen molar-refractivity contribution < 1.29 is 28.6 Å². The third-order valence-corrected chi connectivity index (χ3v) is 3.90. The van der Waals surface area contributed by atoms with Gasteiger partial charge >= 0.3 is 18.0 Å². The predicted molar refractivity (Wildman–Crippen MR) is 88.5 cm³/mol. The Morgan fingerprint density at radius 2 is 1.64 bits per heavy atom. The minimum atomic E-state index is -0.574. The van der Waals surface area contributed by atoms with Gasteiger partial charge in [-0.25, -0.2) is 4.79 Å². The summed E-state index contributed by atoms with van der Waals surface area (Å²) in [6, 6.07) is 9.16. The van der Waals surface area contributed by atoms with Crippen molar-refractivity contribution in [2.45, 2.75) is 58.0 Å². The van der Waals surface area contributed by atoms with Crippen molar-refractivity contribution >= 4 is 18.0 Å². The van der Waals surface area contributed by atoms with E-state index in [1.807, 2.05) is 30.3 Å². The summed E-state index contributed by atoms with van der Waals surface area (Å²) in [7, 11) is 0. The molecule has 0 radical (unpaired) electrons. The molecule has 0 saturated heterocycles. The second-order valence-electron chi connectivity index (χ2n) is 6.01. The van der Waals surface area contributed by atoms with E-state index in [0.717, 1.165) is 5.56 Å². The molecule has 1 aromatic carbocycles. The van der Waals surface area contributed by atoms with E-state index in [4.69, 9.17) is 14.2 Å². The second kappa shape index (κ2) is 9.05. The van der Waals surface area contributed by atoms with Crippen molar-refractivity contribution in [2.24, 2.45) is 0 Å². The molecule has 0 bridgehead atoms. The number of carbonyl (C=O) groups excluding carboxylic acids is 3. The lowest BCUT2D eigenvalue weighted by Crippen LogP contribution is -2.47. The fraction of sp³-hybridized carbons (Fsp3) is 0.500. The summed E-state index contributed by atoms with van der Waals surface area (Å²) in [6.45, 7) is 2.80. The van der Waals surface area contributed by atoms with E-state index in [1.54, 1.807) is 0 Å². The molecule has 1 aliphatic rings. The first-order chi connectivity index (χ1) is 11.9. The number of hydrogen-bond donors (Lipinski definition) is 1. The Morgan fingerprint density at radius 3 is 2.28 bits per heavy atom. The predicted octanol–water partition coefficient (Wildman–Crippen LogP) is 2.33. The van der Waals surface area contributed by atoms with Crippen molar-refractivity contribution in [1.29, 1.82) is 0 Å². The average molecular weight is 349 g/mol. The molecule has 136 valence electrons. The van der Waals surface area contributed by atoms with Crippen LogP contribution in [0.4, 0.5) is 4.79 Å². The highest BCUT2D eigenvalue weighted by Crippen LogP contribution is 2.25. The van der Waals surface area contributed by atoms with Gasteiger partial charge in [0, 0.05) is 26.3 Å². The first-order valence-corrected chi connectivity index (χ1v) is 8.25. The Hall–Kier alpha value is -2.57. The Bertz CT molecular complexity index is 603. The molecule has 7 heteroatoms. The molecule has 1 saturated carbocycles. The molecule has 1 aliphatic carbocycles. The summed E-state index contributed by atoms with van der Waals surface area (Å²) in [5.74, 6) is -0.870. The van der Waals surface area contributed by atoms with Crippen LogP contribution in [0.15, 0.2) is 30.3 Å². The number of alkyl carbamates (subject to hydrolysis) is 1. The van der Waals surface area contributed by atoms with E-state index < -0.39 is 30.2 Å². The van der Waals surface area contributed by atoms with E-state index in [1.165, 1.54) is 13.8 Å². The standard InChI is InChI=1S/C18H23NO6/c1-12(20)24-16-9-8-15(10-17(16)25-13(2)21)19-18(22)23-11-14-6-4-3-5-7-14/h3-7,15-17H,8-11H2,1-2H3,(H,19,22)/t15-,16+,17-/m1/s1. The molecule has 1 N–H and O–H groups in total. The molecule has 7 nitrogen and oxygen atoms in total. The minimum absolute atomic E-state index is 0.183. The maximum atomic E-state index is 11.9. The van der Waals surface area contributed by atoms with Crippen molar-refractivity contribution in [2.75, 3.05) is 0 Å². The minimum Gasteiger partial charge on any atom is -0.459 e. The van der Waals surface area contributed by atoms with Gasteiger partial charge in [-0.3, -0.25) is 9.59 Å². The molecule has 25 heavy (non-hydrogen) atoms. The number of esters is 2. The van der Waals surface area contributed by atoms with Crippen LogP contribution in [0.5, 0.6) is 0 Å². The molecule has 1 amide bonds. The summed E-state index contributed by atoms with van der Waals surface area (Å²) in [4.78, 5) is 34.4. The van der Waals surface area contributed by atoms with Crippen LogP contribution in [0.2, 0.25) is 0 Å². The van der Waals surface area contributed by atoms with E-state index in [0.29, 0.717) is 19.3 Å². The van der Waals surface area contributed by atoms with Gasteiger partial charge in [0.25, 0.3) is 0 Å². The molecule has 0 aliphatic heterocycles. The lowest BCUT2D eigenvalue weighted by atomic mass is 9.90. The van der Waals surface area contributed by atoms with Crippen molar-refractivity contribution in [3.8, 4) is 0 Å². The number of ether oxygens (including phenoxy) is 3. The maximum absolute atomic E-state index is 11.9. The molecular formula is C18H23NO6. The van der Waals surface area contributed by atoms with Gasteiger partial charge in [-0.2, -0.15) is 0 Å². The lowest BCUT2D eigenvalue weighted by Gasteiger charge is -2.34. The number of hydrogen-bond acceptors (Lipinski definition) is 6. The Labute approximate surface area is 146 Å². The molecule has 1 aromatic rings. The van der Waals surface area contributed by atoms with Crippen molar-refractivity contribution in [3.05, 3.63) is 35.9 Å². The highest BCUT2D eigenvalue weighted by molar-refractivity contribution is 5.68.